The summed E-state index contributed by atoms with van der Waals surface area (Å²) in [6, 6.07) is 11.4. The van der Waals surface area contributed by atoms with E-state index >= 15 is 0 Å². The SMILES string of the molecule is N#Cc1cc(OCCN2[C+]=CC=CC2)cc2sc(S(=O)(=O)NCP(=O)(O)Oc3ccccc3)c(C(F)(F)F)c12. The van der Waals surface area contributed by atoms with Crippen molar-refractivity contribution in [1.82, 2.24) is 9.62 Å². The van der Waals surface area contributed by atoms with Gasteiger partial charge in [-0.15, -0.1) is 11.3 Å². The summed E-state index contributed by atoms with van der Waals surface area (Å²) in [5.41, 5.74) is -1.98. The molecule has 0 amide bonds. The molecule has 2 N–H and O–H groups in total. The highest BCUT2D eigenvalue weighted by Crippen LogP contribution is 2.47. The number of nitriles is 1. The third-order valence-electron chi connectivity index (χ3n) is 5.27. The summed E-state index contributed by atoms with van der Waals surface area (Å²) in [6.07, 6.45) is 2.08. The molecule has 15 heteroatoms. The van der Waals surface area contributed by atoms with Crippen LogP contribution in [0.25, 0.3) is 10.1 Å². The minimum Gasteiger partial charge on any atom is -0.492 e. The zero-order valence-corrected chi connectivity index (χ0v) is 22.4. The number of hydrogen-bond donors (Lipinski definition) is 2. The first kappa shape index (κ1) is 28.6. The Morgan fingerprint density at radius 1 is 1.23 bits per heavy atom. The van der Waals surface area contributed by atoms with Gasteiger partial charge in [0.25, 0.3) is 10.0 Å². The van der Waals surface area contributed by atoms with Crippen molar-refractivity contribution in [3.05, 3.63) is 78.0 Å². The number of fused-ring (bicyclic) bond motifs is 1. The van der Waals surface area contributed by atoms with Gasteiger partial charge >= 0.3 is 13.8 Å². The third-order valence-corrected chi connectivity index (χ3v) is 9.60. The Labute approximate surface area is 226 Å². The third kappa shape index (κ3) is 6.96. The van der Waals surface area contributed by atoms with Crippen molar-refractivity contribution in [2.24, 2.45) is 0 Å². The lowest BCUT2D eigenvalue weighted by Gasteiger charge is -2.15. The Bertz CT molecular complexity index is 1620. The zero-order chi connectivity index (χ0) is 28.3. The zero-order valence-electron chi connectivity index (χ0n) is 19.9. The van der Waals surface area contributed by atoms with Gasteiger partial charge in [-0.1, -0.05) is 18.2 Å². The molecule has 0 bridgehead atoms. The average Bonchev–Trinajstić information content (AvgIpc) is 3.30. The van der Waals surface area contributed by atoms with Crippen LogP contribution in [0.4, 0.5) is 13.2 Å². The van der Waals surface area contributed by atoms with Gasteiger partial charge in [-0.2, -0.15) is 23.2 Å². The number of nitrogens with one attached hydrogen (secondary N) is 1. The van der Waals surface area contributed by atoms with E-state index in [-0.39, 0.29) is 34.1 Å². The van der Waals surface area contributed by atoms with Crippen LogP contribution >= 0.6 is 18.9 Å². The largest absolute Gasteiger partial charge is 0.492 e. The number of rotatable bonds is 10. The van der Waals surface area contributed by atoms with Gasteiger partial charge in [-0.25, -0.2) is 17.9 Å². The maximum absolute atomic E-state index is 14.2. The average molecular weight is 599 g/mol. The van der Waals surface area contributed by atoms with Crippen molar-refractivity contribution in [2.45, 2.75) is 10.4 Å². The summed E-state index contributed by atoms with van der Waals surface area (Å²) in [5.74, 6) is 0.0517. The lowest BCUT2D eigenvalue weighted by molar-refractivity contribution is -0.138. The van der Waals surface area contributed by atoms with Gasteiger partial charge in [-0.05, 0) is 24.3 Å². The van der Waals surface area contributed by atoms with E-state index in [0.717, 1.165) is 6.07 Å². The fourth-order valence-electron chi connectivity index (χ4n) is 3.60. The number of thiophene rings is 1. The van der Waals surface area contributed by atoms with E-state index in [1.54, 1.807) is 22.9 Å². The molecular formula is C24H20F3N3O6PS2+. The van der Waals surface area contributed by atoms with Crippen LogP contribution in [0, 0.1) is 17.5 Å². The Balaban J connectivity index is 1.62. The minimum absolute atomic E-state index is 0.0303. The number of para-hydroxylation sites is 1. The van der Waals surface area contributed by atoms with E-state index in [0.29, 0.717) is 13.1 Å². The van der Waals surface area contributed by atoms with Crippen molar-refractivity contribution < 1.29 is 40.3 Å². The van der Waals surface area contributed by atoms with Gasteiger partial charge in [0.1, 0.15) is 28.6 Å². The minimum atomic E-state index is -5.16. The molecule has 9 nitrogen and oxygen atoms in total. The second kappa shape index (κ2) is 11.4. The van der Waals surface area contributed by atoms with E-state index in [2.05, 4.69) is 6.20 Å². The molecule has 1 aromatic heterocycles. The number of sulfonamides is 1. The summed E-state index contributed by atoms with van der Waals surface area (Å²) < 4.78 is 91.8. The van der Waals surface area contributed by atoms with E-state index in [9.17, 15) is 36.3 Å². The summed E-state index contributed by atoms with van der Waals surface area (Å²) in [5, 5.41) is 8.99. The van der Waals surface area contributed by atoms with Crippen LogP contribution in [0.5, 0.6) is 11.5 Å². The standard InChI is InChI=1S/C24H19F3N3O6PS2/c25-24(26,27)22-21-17(15-28)13-19(35-12-11-30-9-5-2-6-10-30)14-20(21)38-23(22)39(33,34)29-16-37(31,32)36-18-7-3-1-4-8-18/h1-8,13-14,29H,9,11-12,16H2/p+1. The number of benzene rings is 2. The Hall–Kier alpha value is -3.43. The Kier molecular flexibility index (Phi) is 8.32. The predicted molar refractivity (Wildman–Crippen MR) is 138 cm³/mol. The second-order valence-electron chi connectivity index (χ2n) is 8.08. The molecule has 0 spiro atoms. The maximum atomic E-state index is 14.2. The number of halogens is 3. The molecule has 1 atom stereocenters. The first-order chi connectivity index (χ1) is 18.4. The summed E-state index contributed by atoms with van der Waals surface area (Å²) in [6.45, 7) is 1.14. The smallest absolute Gasteiger partial charge is 0.419 e. The number of hydrogen-bond acceptors (Lipinski definition) is 8. The predicted octanol–water partition coefficient (Wildman–Crippen LogP) is 4.86. The normalized spacial score (nSPS) is 15.0. The van der Waals surface area contributed by atoms with Gasteiger partial charge < -0.3 is 14.2 Å². The van der Waals surface area contributed by atoms with Crippen molar-refractivity contribution in [2.75, 3.05) is 26.0 Å². The molecule has 1 aliphatic rings. The Morgan fingerprint density at radius 3 is 2.62 bits per heavy atom. The van der Waals surface area contributed by atoms with Crippen LogP contribution in [0.15, 0.2) is 64.9 Å². The number of alkyl halides is 3. The molecule has 39 heavy (non-hydrogen) atoms. The maximum Gasteiger partial charge on any atom is 0.419 e. The molecule has 2 heterocycles. The number of ether oxygens (including phenoxy) is 1. The fourth-order valence-corrected chi connectivity index (χ4v) is 7.96. The summed E-state index contributed by atoms with van der Waals surface area (Å²) in [4.78, 5) is 11.9. The van der Waals surface area contributed by atoms with Gasteiger partial charge in [-0.3, -0.25) is 0 Å². The Morgan fingerprint density at radius 2 is 1.97 bits per heavy atom. The first-order valence-corrected chi connectivity index (χ1v) is 15.2. The van der Waals surface area contributed by atoms with E-state index in [1.807, 2.05) is 17.1 Å². The van der Waals surface area contributed by atoms with E-state index in [1.165, 1.54) is 30.3 Å². The fraction of sp³-hybridized carbons (Fsp3) is 0.208. The molecule has 0 fully saturated rings. The summed E-state index contributed by atoms with van der Waals surface area (Å²) >= 11 is 0.267. The quantitative estimate of drug-likeness (QED) is 0.250. The molecule has 1 aliphatic heterocycles. The van der Waals surface area contributed by atoms with Crippen LogP contribution in [0.1, 0.15) is 11.1 Å². The topological polar surface area (TPSA) is 129 Å². The highest BCUT2D eigenvalue weighted by Gasteiger charge is 2.43. The monoisotopic (exact) mass is 598 g/mol. The van der Waals surface area contributed by atoms with Gasteiger partial charge in [0.2, 0.25) is 0 Å². The molecule has 0 aliphatic carbocycles. The van der Waals surface area contributed by atoms with Crippen molar-refractivity contribution in [1.29, 1.82) is 5.26 Å². The van der Waals surface area contributed by atoms with Crippen LogP contribution in [0.2, 0.25) is 0 Å². The van der Waals surface area contributed by atoms with Crippen molar-refractivity contribution in [3.8, 4) is 17.6 Å². The molecule has 0 saturated carbocycles. The van der Waals surface area contributed by atoms with Crippen molar-refractivity contribution in [3.63, 3.8) is 0 Å². The van der Waals surface area contributed by atoms with Gasteiger partial charge in [0.05, 0.1) is 36.4 Å². The summed E-state index contributed by atoms with van der Waals surface area (Å²) in [7, 11) is -9.59. The first-order valence-electron chi connectivity index (χ1n) is 11.2. The van der Waals surface area contributed by atoms with Gasteiger partial charge in [0, 0.05) is 16.2 Å². The van der Waals surface area contributed by atoms with Crippen LogP contribution in [-0.2, 0) is 20.8 Å². The van der Waals surface area contributed by atoms with Gasteiger partial charge in [0.15, 0.2) is 12.3 Å². The van der Waals surface area contributed by atoms with Crippen LogP contribution in [-0.4, -0.2) is 44.2 Å². The molecule has 204 valence electrons. The number of allylic oxidation sites excluding steroid dienone is 2. The molecule has 0 saturated heterocycles. The molecule has 0 radical (unpaired) electrons. The molecule has 2 aromatic carbocycles. The molecule has 4 rings (SSSR count). The molecular weight excluding hydrogens is 578 g/mol. The van der Waals surface area contributed by atoms with Crippen molar-refractivity contribution >= 4 is 39.0 Å². The second-order valence-corrected chi connectivity index (χ2v) is 12.9. The van der Waals surface area contributed by atoms with E-state index < -0.39 is 50.8 Å². The number of nitrogens with zero attached hydrogens (tertiary/aromatic N) is 2. The van der Waals surface area contributed by atoms with Crippen LogP contribution in [0.3, 0.4) is 0 Å². The van der Waals surface area contributed by atoms with E-state index in [4.69, 9.17) is 9.26 Å². The highest BCUT2D eigenvalue weighted by molar-refractivity contribution is 7.92. The lowest BCUT2D eigenvalue weighted by atomic mass is 10.1. The molecule has 1 unspecified atom stereocenters. The molecule has 3 aromatic rings. The lowest BCUT2D eigenvalue weighted by Crippen LogP contribution is -2.27. The van der Waals surface area contributed by atoms with Crippen LogP contribution < -0.4 is 14.0 Å². The highest BCUT2D eigenvalue weighted by atomic mass is 32.2.